The van der Waals surface area contributed by atoms with E-state index in [1.807, 2.05) is 65.9 Å². The molecule has 160 valence electrons. The highest BCUT2D eigenvalue weighted by Gasteiger charge is 2.29. The molecule has 1 aromatic heterocycles. The van der Waals surface area contributed by atoms with E-state index in [2.05, 4.69) is 52.9 Å². The number of fused-ring (bicyclic) bond motifs is 1. The minimum atomic E-state index is -0.0979. The number of carbonyl (C=O) groups excluding carboxylic acids is 1. The van der Waals surface area contributed by atoms with Crippen molar-refractivity contribution in [3.63, 3.8) is 0 Å². The predicted molar refractivity (Wildman–Crippen MR) is 127 cm³/mol. The van der Waals surface area contributed by atoms with E-state index in [0.29, 0.717) is 13.1 Å². The van der Waals surface area contributed by atoms with Crippen LogP contribution in [0, 0.1) is 13.8 Å². The van der Waals surface area contributed by atoms with E-state index in [9.17, 15) is 4.79 Å². The van der Waals surface area contributed by atoms with Crippen molar-refractivity contribution in [2.24, 2.45) is 0 Å². The quantitative estimate of drug-likeness (QED) is 0.463. The molecule has 32 heavy (non-hydrogen) atoms. The Balaban J connectivity index is 1.43. The summed E-state index contributed by atoms with van der Waals surface area (Å²) in [7, 11) is 0. The molecule has 0 saturated carbocycles. The van der Waals surface area contributed by atoms with Gasteiger partial charge in [0.2, 0.25) is 0 Å². The van der Waals surface area contributed by atoms with Crippen molar-refractivity contribution in [3.05, 3.63) is 113 Å². The lowest BCUT2D eigenvalue weighted by Crippen LogP contribution is -2.41. The van der Waals surface area contributed by atoms with Crippen LogP contribution in [0.2, 0.25) is 0 Å². The number of anilines is 1. The molecule has 0 bridgehead atoms. The van der Waals surface area contributed by atoms with Crippen LogP contribution in [0.25, 0.3) is 5.69 Å². The number of para-hydroxylation sites is 1. The van der Waals surface area contributed by atoms with Gasteiger partial charge in [-0.05, 0) is 42.7 Å². The zero-order valence-corrected chi connectivity index (χ0v) is 18.3. The van der Waals surface area contributed by atoms with E-state index in [1.54, 1.807) is 0 Å². The molecule has 5 rings (SSSR count). The summed E-state index contributed by atoms with van der Waals surface area (Å²) in [5, 5.41) is 7.81. The fraction of sp³-hybridized carbons (Fsp3) is 0.185. The Morgan fingerprint density at radius 2 is 1.56 bits per heavy atom. The summed E-state index contributed by atoms with van der Waals surface area (Å²) < 4.78 is 1.88. The number of benzene rings is 3. The molecule has 1 aliphatic rings. The highest BCUT2D eigenvalue weighted by atomic mass is 16.2. The monoisotopic (exact) mass is 422 g/mol. The lowest BCUT2D eigenvalue weighted by atomic mass is 9.85. The number of carbonyl (C=O) groups is 1. The molecule has 1 aliphatic heterocycles. The van der Waals surface area contributed by atoms with E-state index >= 15 is 0 Å². The molecular formula is C27H26N4O. The van der Waals surface area contributed by atoms with E-state index in [0.717, 1.165) is 22.8 Å². The molecule has 1 unspecified atom stereocenters. The third-order valence-electron chi connectivity index (χ3n) is 6.21. The molecule has 3 aromatic carbocycles. The Hall–Kier alpha value is -3.86. The molecule has 5 heteroatoms. The standard InChI is InChI=1S/C27H26N4O/c1-19-26(20(2)31(29-19)23-14-7-4-8-15-23)28-27(32)30-17-22-13-9-10-16-24(22)25(18-30)21-11-5-3-6-12-21/h3-16,25H,17-18H2,1-2H3,(H,28,32). The topological polar surface area (TPSA) is 50.2 Å². The number of nitrogens with zero attached hydrogens (tertiary/aromatic N) is 3. The minimum Gasteiger partial charge on any atom is -0.319 e. The van der Waals surface area contributed by atoms with Gasteiger partial charge in [0.15, 0.2) is 0 Å². The zero-order chi connectivity index (χ0) is 22.1. The molecule has 2 heterocycles. The number of aromatic nitrogens is 2. The van der Waals surface area contributed by atoms with Gasteiger partial charge in [0.05, 0.1) is 22.8 Å². The Morgan fingerprint density at radius 1 is 0.906 bits per heavy atom. The van der Waals surface area contributed by atoms with Crippen molar-refractivity contribution in [2.75, 3.05) is 11.9 Å². The second-order valence-corrected chi connectivity index (χ2v) is 8.27. The first-order chi connectivity index (χ1) is 15.6. The highest BCUT2D eigenvalue weighted by Crippen LogP contribution is 2.34. The van der Waals surface area contributed by atoms with Crippen molar-refractivity contribution in [2.45, 2.75) is 26.3 Å². The second-order valence-electron chi connectivity index (χ2n) is 8.27. The first-order valence-electron chi connectivity index (χ1n) is 10.9. The molecule has 0 radical (unpaired) electrons. The maximum atomic E-state index is 13.4. The molecule has 2 amide bonds. The predicted octanol–water partition coefficient (Wildman–Crippen LogP) is 5.67. The van der Waals surface area contributed by atoms with Gasteiger partial charge in [0.25, 0.3) is 0 Å². The Labute approximate surface area is 188 Å². The number of hydrogen-bond acceptors (Lipinski definition) is 2. The van der Waals surface area contributed by atoms with Crippen LogP contribution in [0.1, 0.15) is 34.0 Å². The van der Waals surface area contributed by atoms with Gasteiger partial charge in [0.1, 0.15) is 0 Å². The summed E-state index contributed by atoms with van der Waals surface area (Å²) in [5.41, 5.74) is 7.18. The number of aryl methyl sites for hydroxylation is 1. The molecule has 1 N–H and O–H groups in total. The van der Waals surface area contributed by atoms with Crippen LogP contribution >= 0.6 is 0 Å². The van der Waals surface area contributed by atoms with E-state index in [-0.39, 0.29) is 11.9 Å². The number of hydrogen-bond donors (Lipinski definition) is 1. The van der Waals surface area contributed by atoms with Crippen LogP contribution in [0.15, 0.2) is 84.9 Å². The number of amides is 2. The van der Waals surface area contributed by atoms with Gasteiger partial charge in [0, 0.05) is 19.0 Å². The summed E-state index contributed by atoms with van der Waals surface area (Å²) in [6, 6.07) is 28.7. The summed E-state index contributed by atoms with van der Waals surface area (Å²) in [6.45, 7) is 5.15. The highest BCUT2D eigenvalue weighted by molar-refractivity contribution is 5.91. The molecule has 0 aliphatic carbocycles. The summed E-state index contributed by atoms with van der Waals surface area (Å²) in [6.07, 6.45) is 0. The van der Waals surface area contributed by atoms with Crippen molar-refractivity contribution in [3.8, 4) is 5.69 Å². The largest absolute Gasteiger partial charge is 0.322 e. The molecule has 4 aromatic rings. The Kier molecular flexibility index (Phi) is 5.23. The smallest absolute Gasteiger partial charge is 0.319 e. The minimum absolute atomic E-state index is 0.0979. The maximum Gasteiger partial charge on any atom is 0.322 e. The third kappa shape index (κ3) is 3.66. The van der Waals surface area contributed by atoms with Gasteiger partial charge in [-0.15, -0.1) is 0 Å². The van der Waals surface area contributed by atoms with Crippen LogP contribution in [0.3, 0.4) is 0 Å². The normalized spacial score (nSPS) is 15.3. The number of rotatable bonds is 3. The lowest BCUT2D eigenvalue weighted by molar-refractivity contribution is 0.203. The molecule has 0 spiro atoms. The summed E-state index contributed by atoms with van der Waals surface area (Å²) in [4.78, 5) is 15.3. The average Bonchev–Trinajstić information content (AvgIpc) is 3.12. The number of urea groups is 1. The van der Waals surface area contributed by atoms with Gasteiger partial charge < -0.3 is 10.2 Å². The lowest BCUT2D eigenvalue weighted by Gasteiger charge is -2.35. The fourth-order valence-electron chi connectivity index (χ4n) is 4.56. The maximum absolute atomic E-state index is 13.4. The SMILES string of the molecule is Cc1nn(-c2ccccc2)c(C)c1NC(=O)N1Cc2ccccc2C(c2ccccc2)C1. The first-order valence-corrected chi connectivity index (χ1v) is 10.9. The zero-order valence-electron chi connectivity index (χ0n) is 18.3. The van der Waals surface area contributed by atoms with Crippen molar-refractivity contribution in [1.82, 2.24) is 14.7 Å². The van der Waals surface area contributed by atoms with Crippen LogP contribution in [-0.2, 0) is 6.54 Å². The van der Waals surface area contributed by atoms with Gasteiger partial charge >= 0.3 is 6.03 Å². The van der Waals surface area contributed by atoms with Crippen LogP contribution in [-0.4, -0.2) is 27.3 Å². The van der Waals surface area contributed by atoms with Crippen LogP contribution in [0.5, 0.6) is 0 Å². The molecule has 1 atom stereocenters. The van der Waals surface area contributed by atoms with Gasteiger partial charge in [-0.1, -0.05) is 72.8 Å². The summed E-state index contributed by atoms with van der Waals surface area (Å²) >= 11 is 0. The van der Waals surface area contributed by atoms with E-state index < -0.39 is 0 Å². The van der Waals surface area contributed by atoms with Crippen molar-refractivity contribution in [1.29, 1.82) is 0 Å². The van der Waals surface area contributed by atoms with Crippen LogP contribution < -0.4 is 5.32 Å². The molecular weight excluding hydrogens is 396 g/mol. The number of nitrogens with one attached hydrogen (secondary N) is 1. The molecule has 0 saturated heterocycles. The average molecular weight is 423 g/mol. The van der Waals surface area contributed by atoms with Crippen molar-refractivity contribution >= 4 is 11.7 Å². The third-order valence-corrected chi connectivity index (χ3v) is 6.21. The Morgan fingerprint density at radius 3 is 2.31 bits per heavy atom. The van der Waals surface area contributed by atoms with Crippen molar-refractivity contribution < 1.29 is 4.79 Å². The molecule has 5 nitrogen and oxygen atoms in total. The van der Waals surface area contributed by atoms with Gasteiger partial charge in [-0.3, -0.25) is 0 Å². The second kappa shape index (κ2) is 8.35. The summed E-state index contributed by atoms with van der Waals surface area (Å²) in [5.74, 6) is 0.154. The molecule has 0 fully saturated rings. The van der Waals surface area contributed by atoms with E-state index in [1.165, 1.54) is 16.7 Å². The Bertz CT molecular complexity index is 1250. The van der Waals surface area contributed by atoms with E-state index in [4.69, 9.17) is 0 Å². The fourth-order valence-corrected chi connectivity index (χ4v) is 4.56. The van der Waals surface area contributed by atoms with Gasteiger partial charge in [-0.25, -0.2) is 9.48 Å². The first kappa shape index (κ1) is 20.1. The van der Waals surface area contributed by atoms with Crippen LogP contribution in [0.4, 0.5) is 10.5 Å². The van der Waals surface area contributed by atoms with Gasteiger partial charge in [-0.2, -0.15) is 5.10 Å².